The summed E-state index contributed by atoms with van der Waals surface area (Å²) in [5, 5.41) is 26.6. The first-order chi connectivity index (χ1) is 12.5. The van der Waals surface area contributed by atoms with E-state index in [4.69, 9.17) is 21.1 Å². The average molecular weight is 354 g/mol. The van der Waals surface area contributed by atoms with Crippen LogP contribution in [0.15, 0.2) is 41.6 Å². The van der Waals surface area contributed by atoms with Gasteiger partial charge in [-0.15, -0.1) is 0 Å². The predicted octanol–water partition coefficient (Wildman–Crippen LogP) is 0.476. The van der Waals surface area contributed by atoms with Crippen molar-refractivity contribution >= 4 is 23.1 Å². The molecule has 0 aliphatic rings. The Hall–Kier alpha value is -3.71. The molecule has 26 heavy (non-hydrogen) atoms. The Morgan fingerprint density at radius 3 is 2.77 bits per heavy atom. The van der Waals surface area contributed by atoms with Gasteiger partial charge in [0.1, 0.15) is 6.07 Å². The van der Waals surface area contributed by atoms with Gasteiger partial charge in [-0.05, 0) is 30.3 Å². The minimum Gasteiger partial charge on any atom is -0.383 e. The van der Waals surface area contributed by atoms with Gasteiger partial charge in [-0.2, -0.15) is 15.5 Å². The Morgan fingerprint density at radius 2 is 2.15 bits per heavy atom. The second kappa shape index (κ2) is 8.95. The molecule has 0 bridgehead atoms. The third-order valence-corrected chi connectivity index (χ3v) is 3.20. The number of nitrogens with zero attached hydrogens (tertiary/aromatic N) is 4. The minimum absolute atomic E-state index is 0.203. The van der Waals surface area contributed by atoms with E-state index in [9.17, 15) is 4.79 Å². The van der Waals surface area contributed by atoms with Crippen molar-refractivity contribution in [3.8, 4) is 11.8 Å². The van der Waals surface area contributed by atoms with Crippen molar-refractivity contribution in [1.82, 2.24) is 15.1 Å². The van der Waals surface area contributed by atoms with Crippen molar-refractivity contribution in [2.45, 2.75) is 0 Å². The van der Waals surface area contributed by atoms with Crippen LogP contribution >= 0.6 is 0 Å². The maximum atomic E-state index is 11.9. The topological polar surface area (TPSA) is 154 Å². The molecule has 0 saturated carbocycles. The smallest absolute Gasteiger partial charge is 0.271 e. The van der Waals surface area contributed by atoms with Crippen molar-refractivity contribution in [2.24, 2.45) is 10.8 Å². The molecule has 10 nitrogen and oxygen atoms in total. The van der Waals surface area contributed by atoms with E-state index in [1.165, 1.54) is 0 Å². The van der Waals surface area contributed by atoms with Gasteiger partial charge >= 0.3 is 0 Å². The van der Waals surface area contributed by atoms with E-state index < -0.39 is 5.84 Å². The van der Waals surface area contributed by atoms with Gasteiger partial charge in [-0.25, -0.2) is 4.68 Å². The van der Waals surface area contributed by atoms with Gasteiger partial charge in [0.25, 0.3) is 5.91 Å². The molecular formula is C16H18N8O2. The van der Waals surface area contributed by atoms with Crippen LogP contribution in [-0.2, 0) is 4.74 Å². The first-order valence-corrected chi connectivity index (χ1v) is 7.56. The normalized spacial score (nSPS) is 10.8. The van der Waals surface area contributed by atoms with E-state index >= 15 is 0 Å². The van der Waals surface area contributed by atoms with Crippen LogP contribution < -0.4 is 16.5 Å². The number of nitrogens with two attached hydrogens (primary N) is 1. The summed E-state index contributed by atoms with van der Waals surface area (Å²) in [6.45, 7) is 0.842. The Labute approximate surface area is 149 Å². The molecule has 2 rings (SSSR count). The second-order valence-corrected chi connectivity index (χ2v) is 5.04. The van der Waals surface area contributed by atoms with Crippen LogP contribution in [0.5, 0.6) is 0 Å². The first kappa shape index (κ1) is 18.6. The summed E-state index contributed by atoms with van der Waals surface area (Å²) in [6, 6.07) is 10.3. The van der Waals surface area contributed by atoms with Gasteiger partial charge in [-0.1, -0.05) is 0 Å². The third kappa shape index (κ3) is 4.89. The zero-order valence-electron chi connectivity index (χ0n) is 14.1. The summed E-state index contributed by atoms with van der Waals surface area (Å²) in [4.78, 5) is 11.9. The molecule has 1 amide bonds. The molecule has 0 aliphatic carbocycles. The van der Waals surface area contributed by atoms with E-state index in [2.05, 4.69) is 20.9 Å². The second-order valence-electron chi connectivity index (χ2n) is 5.04. The van der Waals surface area contributed by atoms with Crippen molar-refractivity contribution in [1.29, 1.82) is 10.7 Å². The Bertz CT molecular complexity index is 848. The Kier molecular flexibility index (Phi) is 6.41. The number of amides is 1. The fourth-order valence-corrected chi connectivity index (χ4v) is 1.90. The van der Waals surface area contributed by atoms with Crippen LogP contribution in [-0.4, -0.2) is 47.5 Å². The maximum absolute atomic E-state index is 11.9. The molecule has 0 atom stereocenters. The van der Waals surface area contributed by atoms with Gasteiger partial charge in [-0.3, -0.25) is 15.6 Å². The van der Waals surface area contributed by atoms with Crippen molar-refractivity contribution < 1.29 is 9.53 Å². The fraction of sp³-hybridized carbons (Fsp3) is 0.188. The number of anilines is 1. The summed E-state index contributed by atoms with van der Waals surface area (Å²) in [5.74, 6) is -0.689. The van der Waals surface area contributed by atoms with Gasteiger partial charge in [0.2, 0.25) is 5.71 Å². The highest BCUT2D eigenvalue weighted by atomic mass is 16.5. The third-order valence-electron chi connectivity index (χ3n) is 3.20. The van der Waals surface area contributed by atoms with E-state index in [1.807, 2.05) is 0 Å². The van der Waals surface area contributed by atoms with Crippen molar-refractivity contribution in [2.75, 3.05) is 25.7 Å². The number of carbonyl (C=O) groups is 1. The summed E-state index contributed by atoms with van der Waals surface area (Å²) in [6.07, 6.45) is 1.68. The molecule has 5 N–H and O–H groups in total. The lowest BCUT2D eigenvalue weighted by Gasteiger charge is -2.05. The lowest BCUT2D eigenvalue weighted by atomic mass is 10.3. The monoisotopic (exact) mass is 354 g/mol. The summed E-state index contributed by atoms with van der Waals surface area (Å²) in [5.41, 5.74) is 9.30. The molecule has 0 spiro atoms. The number of hydrogen-bond donors (Lipinski definition) is 4. The quantitative estimate of drug-likeness (QED) is 0.234. The number of rotatable bonds is 8. The zero-order valence-corrected chi connectivity index (χ0v) is 14.1. The van der Waals surface area contributed by atoms with Crippen LogP contribution in [0.3, 0.4) is 0 Å². The maximum Gasteiger partial charge on any atom is 0.271 e. The van der Waals surface area contributed by atoms with Crippen molar-refractivity contribution in [3.05, 3.63) is 42.2 Å². The van der Waals surface area contributed by atoms with Crippen molar-refractivity contribution in [3.63, 3.8) is 0 Å². The van der Waals surface area contributed by atoms with Crippen LogP contribution in [0.2, 0.25) is 0 Å². The summed E-state index contributed by atoms with van der Waals surface area (Å²) >= 11 is 0. The van der Waals surface area contributed by atoms with Gasteiger partial charge in [0, 0.05) is 19.9 Å². The number of hydrazone groups is 1. The number of amidine groups is 1. The van der Waals surface area contributed by atoms with Crippen LogP contribution in [0.1, 0.15) is 10.5 Å². The molecule has 0 aliphatic heterocycles. The molecule has 1 heterocycles. The highest BCUT2D eigenvalue weighted by Gasteiger charge is 2.09. The molecule has 0 fully saturated rings. The van der Waals surface area contributed by atoms with Gasteiger partial charge in [0.15, 0.2) is 11.5 Å². The molecule has 1 aromatic heterocycles. The number of hydrogen-bond acceptors (Lipinski definition) is 7. The molecule has 0 radical (unpaired) electrons. The number of aromatic nitrogens is 2. The molecule has 0 saturated heterocycles. The highest BCUT2D eigenvalue weighted by molar-refractivity contribution is 6.45. The molecular weight excluding hydrogens is 336 g/mol. The predicted molar refractivity (Wildman–Crippen MR) is 96.4 cm³/mol. The summed E-state index contributed by atoms with van der Waals surface area (Å²) in [7, 11) is 1.56. The summed E-state index contributed by atoms with van der Waals surface area (Å²) < 4.78 is 6.44. The molecule has 134 valence electrons. The van der Waals surface area contributed by atoms with Gasteiger partial charge in [0.05, 0.1) is 18.0 Å². The SMILES string of the molecule is COCCNC(=O)c1ccn(-c2ccc(N/N=C(\C#N)C(=N)N)cc2)n1. The lowest BCUT2D eigenvalue weighted by Crippen LogP contribution is -2.27. The van der Waals surface area contributed by atoms with Crippen LogP contribution in [0.4, 0.5) is 5.69 Å². The molecule has 2 aromatic rings. The van der Waals surface area contributed by atoms with Gasteiger partial charge < -0.3 is 15.8 Å². The number of nitriles is 1. The van der Waals surface area contributed by atoms with E-state index in [1.54, 1.807) is 54.4 Å². The molecule has 0 unspecified atom stereocenters. The number of carbonyl (C=O) groups excluding carboxylic acids is 1. The lowest BCUT2D eigenvalue weighted by molar-refractivity contribution is 0.0931. The van der Waals surface area contributed by atoms with E-state index in [0.717, 1.165) is 5.69 Å². The highest BCUT2D eigenvalue weighted by Crippen LogP contribution is 2.13. The standard InChI is InChI=1S/C16H18N8O2/c1-26-9-7-20-16(25)13-6-8-24(23-13)12-4-2-11(3-5-12)21-22-14(10-17)15(18)19/h2-6,8,21H,7,9H2,1H3,(H3,18,19)(H,20,25)/b22-14+. The Balaban J connectivity index is 2.04. The number of nitrogens with one attached hydrogen (secondary N) is 3. The number of benzene rings is 1. The van der Waals surface area contributed by atoms with E-state index in [-0.39, 0.29) is 11.6 Å². The number of ether oxygens (including phenoxy) is 1. The largest absolute Gasteiger partial charge is 0.383 e. The van der Waals surface area contributed by atoms with Crippen LogP contribution in [0, 0.1) is 16.7 Å². The first-order valence-electron chi connectivity index (χ1n) is 7.56. The van der Waals surface area contributed by atoms with Crippen LogP contribution in [0.25, 0.3) is 5.69 Å². The minimum atomic E-state index is -0.413. The molecule has 10 heteroatoms. The zero-order chi connectivity index (χ0) is 18.9. The number of methoxy groups -OCH3 is 1. The van der Waals surface area contributed by atoms with E-state index in [0.29, 0.717) is 24.5 Å². The molecule has 1 aromatic carbocycles. The average Bonchev–Trinajstić information content (AvgIpc) is 3.13. The fourth-order valence-electron chi connectivity index (χ4n) is 1.90. The Morgan fingerprint density at radius 1 is 1.42 bits per heavy atom.